The molecule has 6 nitrogen and oxygen atoms in total. The Hall–Kier alpha value is -2.93. The van der Waals surface area contributed by atoms with Crippen LogP contribution in [0.5, 0.6) is 17.2 Å². The van der Waals surface area contributed by atoms with Gasteiger partial charge in [0.25, 0.3) is 5.91 Å². The quantitative estimate of drug-likeness (QED) is 0.549. The number of ether oxygens (including phenoxy) is 3. The van der Waals surface area contributed by atoms with Gasteiger partial charge in [0.15, 0.2) is 16.7 Å². The number of nitrogens with zero attached hydrogens (tertiary/aromatic N) is 2. The number of aliphatic imine (C=N–C) groups is 1. The Morgan fingerprint density at radius 2 is 1.73 bits per heavy atom. The lowest BCUT2D eigenvalue weighted by Crippen LogP contribution is -2.28. The van der Waals surface area contributed by atoms with Crippen molar-refractivity contribution < 1.29 is 19.0 Å². The molecular weight excluding hydrogens is 400 g/mol. The molecule has 0 atom stereocenters. The molecule has 1 heterocycles. The third-order valence-corrected chi connectivity index (χ3v) is 5.37. The normalized spacial score (nSPS) is 16.4. The number of carbonyl (C=O) groups is 1. The highest BCUT2D eigenvalue weighted by atomic mass is 32.2. The van der Waals surface area contributed by atoms with Gasteiger partial charge in [0.05, 0.1) is 30.9 Å². The topological polar surface area (TPSA) is 60.4 Å². The maximum Gasteiger partial charge on any atom is 0.266 e. The van der Waals surface area contributed by atoms with Crippen molar-refractivity contribution in [3.05, 3.63) is 52.9 Å². The van der Waals surface area contributed by atoms with Crippen LogP contribution in [-0.2, 0) is 4.79 Å². The van der Waals surface area contributed by atoms with Gasteiger partial charge in [-0.3, -0.25) is 9.69 Å². The fourth-order valence-corrected chi connectivity index (χ4v) is 4.03. The first-order valence-corrected chi connectivity index (χ1v) is 10.7. The molecule has 0 spiro atoms. The lowest BCUT2D eigenvalue weighted by atomic mass is 10.2. The first kappa shape index (κ1) is 21.8. The van der Waals surface area contributed by atoms with Gasteiger partial charge in [0.2, 0.25) is 0 Å². The average Bonchev–Trinajstić information content (AvgIpc) is 3.04. The Labute approximate surface area is 181 Å². The molecule has 1 amide bonds. The fourth-order valence-electron chi connectivity index (χ4n) is 2.96. The number of benzene rings is 2. The highest BCUT2D eigenvalue weighted by molar-refractivity contribution is 8.18. The summed E-state index contributed by atoms with van der Waals surface area (Å²) in [7, 11) is 1.60. The number of amidine groups is 1. The van der Waals surface area contributed by atoms with E-state index in [1.807, 2.05) is 69.3 Å². The van der Waals surface area contributed by atoms with Crippen LogP contribution >= 0.6 is 11.8 Å². The number of rotatable bonds is 8. The summed E-state index contributed by atoms with van der Waals surface area (Å²) in [5, 5.41) is 0.663. The lowest BCUT2D eigenvalue weighted by molar-refractivity contribution is -0.122. The fraction of sp³-hybridized carbons (Fsp3) is 0.304. The lowest BCUT2D eigenvalue weighted by Gasteiger charge is -2.12. The minimum atomic E-state index is -0.0555. The smallest absolute Gasteiger partial charge is 0.266 e. The van der Waals surface area contributed by atoms with Crippen molar-refractivity contribution in [2.75, 3.05) is 26.9 Å². The van der Waals surface area contributed by atoms with Crippen LogP contribution in [0.15, 0.2) is 52.4 Å². The first-order valence-electron chi connectivity index (χ1n) is 9.93. The maximum atomic E-state index is 12.9. The van der Waals surface area contributed by atoms with E-state index >= 15 is 0 Å². The molecule has 1 aliphatic heterocycles. The van der Waals surface area contributed by atoms with E-state index in [-0.39, 0.29) is 5.91 Å². The van der Waals surface area contributed by atoms with E-state index in [4.69, 9.17) is 14.2 Å². The summed E-state index contributed by atoms with van der Waals surface area (Å²) in [5.74, 6) is 2.06. The summed E-state index contributed by atoms with van der Waals surface area (Å²) in [6.07, 6.45) is 1.86. The van der Waals surface area contributed by atoms with Gasteiger partial charge >= 0.3 is 0 Å². The van der Waals surface area contributed by atoms with E-state index in [2.05, 4.69) is 4.99 Å². The van der Waals surface area contributed by atoms with Crippen molar-refractivity contribution in [3.63, 3.8) is 0 Å². The number of methoxy groups -OCH3 is 1. The molecule has 0 radical (unpaired) electrons. The van der Waals surface area contributed by atoms with E-state index in [0.29, 0.717) is 41.3 Å². The number of hydrogen-bond acceptors (Lipinski definition) is 6. The van der Waals surface area contributed by atoms with Crippen LogP contribution in [0.1, 0.15) is 26.3 Å². The Morgan fingerprint density at radius 3 is 2.37 bits per heavy atom. The van der Waals surface area contributed by atoms with Crippen LogP contribution in [0, 0.1) is 0 Å². The molecule has 0 aromatic heterocycles. The van der Waals surface area contributed by atoms with Crippen LogP contribution < -0.4 is 14.2 Å². The van der Waals surface area contributed by atoms with Gasteiger partial charge < -0.3 is 14.2 Å². The molecule has 1 fully saturated rings. The monoisotopic (exact) mass is 426 g/mol. The molecule has 0 bridgehead atoms. The second-order valence-electron chi connectivity index (χ2n) is 6.32. The van der Waals surface area contributed by atoms with Gasteiger partial charge in [-0.05, 0) is 80.6 Å². The largest absolute Gasteiger partial charge is 0.494 e. The standard InChI is InChI=1S/C23H26N2O4S/c1-5-25-22(26)21(15-16-8-13-19(29-7-3)20(14-16)27-4)30-23(25)24-17-9-11-18(12-10-17)28-6-2/h8-15H,5-7H2,1-4H3/b21-15-,24-23?. The zero-order valence-electron chi connectivity index (χ0n) is 17.7. The third kappa shape index (κ3) is 4.97. The van der Waals surface area contributed by atoms with Crippen LogP contribution in [0.2, 0.25) is 0 Å². The predicted molar refractivity (Wildman–Crippen MR) is 122 cm³/mol. The van der Waals surface area contributed by atoms with Gasteiger partial charge in [-0.25, -0.2) is 4.99 Å². The van der Waals surface area contributed by atoms with E-state index < -0.39 is 0 Å². The second-order valence-corrected chi connectivity index (χ2v) is 7.33. The number of carbonyl (C=O) groups excluding carboxylic acids is 1. The van der Waals surface area contributed by atoms with Crippen LogP contribution in [0.4, 0.5) is 5.69 Å². The summed E-state index contributed by atoms with van der Waals surface area (Å²) >= 11 is 1.37. The number of amides is 1. The minimum absolute atomic E-state index is 0.0555. The number of likely N-dealkylation sites (N-methyl/N-ethyl adjacent to an activating group) is 1. The molecule has 1 saturated heterocycles. The molecule has 0 unspecified atom stereocenters. The highest BCUT2D eigenvalue weighted by Crippen LogP contribution is 2.36. The SMILES string of the molecule is CCOc1ccc(N=C2S/C(=C\c3ccc(OCC)c(OC)c3)C(=O)N2CC)cc1. The highest BCUT2D eigenvalue weighted by Gasteiger charge is 2.32. The van der Waals surface area contributed by atoms with Crippen LogP contribution in [0.25, 0.3) is 6.08 Å². The number of hydrogen-bond donors (Lipinski definition) is 0. The van der Waals surface area contributed by atoms with Crippen molar-refractivity contribution in [1.29, 1.82) is 0 Å². The summed E-state index contributed by atoms with van der Waals surface area (Å²) < 4.78 is 16.4. The Bertz CT molecular complexity index is 954. The Kier molecular flexibility index (Phi) is 7.41. The molecule has 2 aromatic rings. The molecule has 0 aliphatic carbocycles. The van der Waals surface area contributed by atoms with Crippen molar-refractivity contribution in [1.82, 2.24) is 4.90 Å². The minimum Gasteiger partial charge on any atom is -0.494 e. The van der Waals surface area contributed by atoms with Gasteiger partial charge in [-0.15, -0.1) is 0 Å². The molecule has 0 saturated carbocycles. The predicted octanol–water partition coefficient (Wildman–Crippen LogP) is 5.12. The summed E-state index contributed by atoms with van der Waals surface area (Å²) in [5.41, 5.74) is 1.64. The second kappa shape index (κ2) is 10.2. The zero-order valence-corrected chi connectivity index (χ0v) is 18.5. The van der Waals surface area contributed by atoms with Crippen molar-refractivity contribution >= 4 is 34.6 Å². The van der Waals surface area contributed by atoms with Crippen LogP contribution in [0.3, 0.4) is 0 Å². The zero-order chi connectivity index (χ0) is 21.5. The van der Waals surface area contributed by atoms with Crippen LogP contribution in [-0.4, -0.2) is 42.8 Å². The summed E-state index contributed by atoms with van der Waals surface area (Å²) in [4.78, 5) is 19.9. The van der Waals surface area contributed by atoms with Crippen molar-refractivity contribution in [2.45, 2.75) is 20.8 Å². The van der Waals surface area contributed by atoms with E-state index in [1.165, 1.54) is 11.8 Å². The number of thioether (sulfide) groups is 1. The average molecular weight is 427 g/mol. The van der Waals surface area contributed by atoms with Gasteiger partial charge in [-0.2, -0.15) is 0 Å². The van der Waals surface area contributed by atoms with Crippen molar-refractivity contribution in [3.8, 4) is 17.2 Å². The third-order valence-electron chi connectivity index (χ3n) is 4.36. The van der Waals surface area contributed by atoms with Gasteiger partial charge in [0, 0.05) is 6.54 Å². The molecular formula is C23H26N2O4S. The Balaban J connectivity index is 1.86. The van der Waals surface area contributed by atoms with Crippen molar-refractivity contribution in [2.24, 2.45) is 4.99 Å². The molecule has 7 heteroatoms. The van der Waals surface area contributed by atoms with Gasteiger partial charge in [0.1, 0.15) is 5.75 Å². The summed E-state index contributed by atoms with van der Waals surface area (Å²) in [6.45, 7) is 7.53. The van der Waals surface area contributed by atoms with Gasteiger partial charge in [-0.1, -0.05) is 6.07 Å². The first-order chi connectivity index (χ1) is 14.6. The molecule has 30 heavy (non-hydrogen) atoms. The molecule has 0 N–H and O–H groups in total. The molecule has 3 rings (SSSR count). The Morgan fingerprint density at radius 1 is 1.00 bits per heavy atom. The summed E-state index contributed by atoms with van der Waals surface area (Å²) in [6, 6.07) is 13.2. The van der Waals surface area contributed by atoms with E-state index in [9.17, 15) is 4.79 Å². The van der Waals surface area contributed by atoms with E-state index in [1.54, 1.807) is 12.0 Å². The van der Waals surface area contributed by atoms with E-state index in [0.717, 1.165) is 17.0 Å². The maximum absolute atomic E-state index is 12.9. The molecule has 2 aromatic carbocycles. The molecule has 1 aliphatic rings. The molecule has 158 valence electrons.